The van der Waals surface area contributed by atoms with Crippen molar-refractivity contribution in [3.63, 3.8) is 0 Å². The van der Waals surface area contributed by atoms with E-state index in [1.807, 2.05) is 31.2 Å². The molecule has 1 aromatic heterocycles. The average Bonchev–Trinajstić information content (AvgIpc) is 3.35. The van der Waals surface area contributed by atoms with Gasteiger partial charge in [-0.2, -0.15) is 11.3 Å². The van der Waals surface area contributed by atoms with Crippen LogP contribution >= 0.6 is 11.3 Å². The lowest BCUT2D eigenvalue weighted by Crippen LogP contribution is -2.45. The van der Waals surface area contributed by atoms with E-state index < -0.39 is 0 Å². The number of amides is 2. The van der Waals surface area contributed by atoms with Crippen LogP contribution in [0.2, 0.25) is 0 Å². The Kier molecular flexibility index (Phi) is 4.78. The molecule has 2 amide bonds. The highest BCUT2D eigenvalue weighted by molar-refractivity contribution is 7.07. The zero-order valence-electron chi connectivity index (χ0n) is 14.9. The Morgan fingerprint density at radius 1 is 1.31 bits per heavy atom. The highest BCUT2D eigenvalue weighted by Crippen LogP contribution is 2.33. The predicted molar refractivity (Wildman–Crippen MR) is 104 cm³/mol. The molecule has 0 spiro atoms. The average molecular weight is 369 g/mol. The predicted octanol–water partition coefficient (Wildman–Crippen LogP) is 3.48. The number of hydrogen-bond acceptors (Lipinski definition) is 4. The van der Waals surface area contributed by atoms with E-state index in [1.165, 1.54) is 5.56 Å². The van der Waals surface area contributed by atoms with Crippen molar-refractivity contribution in [3.05, 3.63) is 46.7 Å². The normalized spacial score (nSPS) is 19.8. The van der Waals surface area contributed by atoms with Crippen LogP contribution in [0.15, 0.2) is 41.1 Å². The molecule has 1 unspecified atom stereocenters. The maximum atomic E-state index is 13.2. The van der Waals surface area contributed by atoms with Crippen molar-refractivity contribution in [1.29, 1.82) is 0 Å². The maximum absolute atomic E-state index is 13.2. The number of nitrogens with zero attached hydrogens (tertiary/aromatic N) is 2. The lowest BCUT2D eigenvalue weighted by atomic mass is 10.1. The number of nitrogens with one attached hydrogen (secondary N) is 1. The van der Waals surface area contributed by atoms with Crippen molar-refractivity contribution in [2.75, 3.05) is 16.8 Å². The van der Waals surface area contributed by atoms with Crippen molar-refractivity contribution >= 4 is 34.5 Å². The molecule has 2 aromatic rings. The molecule has 26 heavy (non-hydrogen) atoms. The molecule has 1 N–H and O–H groups in total. The summed E-state index contributed by atoms with van der Waals surface area (Å²) in [7, 11) is 0. The number of carbonyl (C=O) groups is 2. The summed E-state index contributed by atoms with van der Waals surface area (Å²) in [5.74, 6) is 0.0150. The fourth-order valence-electron chi connectivity index (χ4n) is 3.59. The monoisotopic (exact) mass is 369 g/mol. The molecule has 2 heterocycles. The molecule has 4 rings (SSSR count). The van der Waals surface area contributed by atoms with E-state index in [-0.39, 0.29) is 17.9 Å². The molecule has 0 bridgehead atoms. The Balaban J connectivity index is 1.56. The van der Waals surface area contributed by atoms with Crippen LogP contribution in [0.3, 0.4) is 0 Å². The third-order valence-corrected chi connectivity index (χ3v) is 5.73. The molecule has 1 atom stereocenters. The number of benzene rings is 1. The summed E-state index contributed by atoms with van der Waals surface area (Å²) in [6, 6.07) is 10.0. The van der Waals surface area contributed by atoms with Gasteiger partial charge >= 0.3 is 0 Å². The molecule has 0 radical (unpaired) electrons. The van der Waals surface area contributed by atoms with E-state index in [4.69, 9.17) is 0 Å². The van der Waals surface area contributed by atoms with Crippen molar-refractivity contribution in [1.82, 2.24) is 4.90 Å². The highest BCUT2D eigenvalue weighted by atomic mass is 32.1. The molecule has 1 saturated carbocycles. The van der Waals surface area contributed by atoms with Gasteiger partial charge in [0.25, 0.3) is 0 Å². The summed E-state index contributed by atoms with van der Waals surface area (Å²) in [6.45, 7) is 3.13. The van der Waals surface area contributed by atoms with E-state index in [0.29, 0.717) is 24.7 Å². The summed E-state index contributed by atoms with van der Waals surface area (Å²) in [5.41, 5.74) is 2.77. The fraction of sp³-hybridized carbons (Fsp3) is 0.400. The highest BCUT2D eigenvalue weighted by Gasteiger charge is 2.34. The first kappa shape index (κ1) is 17.2. The molecule has 5 nitrogen and oxygen atoms in total. The first-order valence-corrected chi connectivity index (χ1v) is 10.0. The van der Waals surface area contributed by atoms with Gasteiger partial charge in [-0.1, -0.05) is 12.1 Å². The number of fused-ring (bicyclic) bond motifs is 1. The molecular formula is C20H23N3O2S. The van der Waals surface area contributed by atoms with Gasteiger partial charge in [0.15, 0.2) is 0 Å². The number of thiophene rings is 1. The van der Waals surface area contributed by atoms with E-state index in [1.54, 1.807) is 16.2 Å². The SMILES string of the molecule is CC1CC(=O)Nc2ccccc2N1C(=O)CN(Cc1ccsc1)C1CC1. The van der Waals surface area contributed by atoms with Crippen molar-refractivity contribution < 1.29 is 9.59 Å². The molecular weight excluding hydrogens is 346 g/mol. The number of hydrogen-bond donors (Lipinski definition) is 1. The Morgan fingerprint density at radius 2 is 2.12 bits per heavy atom. The van der Waals surface area contributed by atoms with E-state index >= 15 is 0 Å². The second-order valence-corrected chi connectivity index (χ2v) is 7.93. The molecule has 1 aromatic carbocycles. The van der Waals surface area contributed by atoms with Gasteiger partial charge in [-0.3, -0.25) is 14.5 Å². The molecule has 1 aliphatic heterocycles. The van der Waals surface area contributed by atoms with Gasteiger partial charge in [0.1, 0.15) is 0 Å². The molecule has 1 aliphatic carbocycles. The van der Waals surface area contributed by atoms with Crippen LogP contribution in [-0.4, -0.2) is 35.3 Å². The fourth-order valence-corrected chi connectivity index (χ4v) is 4.25. The Labute approximate surface area is 157 Å². The molecule has 2 aliphatic rings. The summed E-state index contributed by atoms with van der Waals surface area (Å²) in [4.78, 5) is 29.4. The number of anilines is 2. The Hall–Kier alpha value is -2.18. The Morgan fingerprint density at radius 3 is 2.85 bits per heavy atom. The van der Waals surface area contributed by atoms with E-state index in [0.717, 1.165) is 25.1 Å². The number of rotatable bonds is 5. The molecule has 6 heteroatoms. The van der Waals surface area contributed by atoms with Crippen LogP contribution < -0.4 is 10.2 Å². The minimum Gasteiger partial charge on any atom is -0.324 e. The summed E-state index contributed by atoms with van der Waals surface area (Å²) < 4.78 is 0. The van der Waals surface area contributed by atoms with Gasteiger partial charge in [-0.25, -0.2) is 0 Å². The Bertz CT molecular complexity index is 801. The first-order valence-electron chi connectivity index (χ1n) is 9.08. The third-order valence-electron chi connectivity index (χ3n) is 5.00. The van der Waals surface area contributed by atoms with Crippen LogP contribution in [0.1, 0.15) is 31.7 Å². The minimum absolute atomic E-state index is 0.0439. The van der Waals surface area contributed by atoms with Crippen LogP contribution in [0, 0.1) is 0 Å². The third kappa shape index (κ3) is 3.66. The zero-order chi connectivity index (χ0) is 18.1. The molecule has 136 valence electrons. The van der Waals surface area contributed by atoms with E-state index in [2.05, 4.69) is 27.0 Å². The lowest BCUT2D eigenvalue weighted by Gasteiger charge is -2.31. The quantitative estimate of drug-likeness (QED) is 0.878. The largest absolute Gasteiger partial charge is 0.324 e. The summed E-state index contributed by atoms with van der Waals surface area (Å²) in [5, 5.41) is 7.14. The standard InChI is InChI=1S/C20H23N3O2S/c1-14-10-19(24)21-17-4-2-3-5-18(17)23(14)20(25)12-22(16-6-7-16)11-15-8-9-26-13-15/h2-5,8-9,13-14,16H,6-7,10-12H2,1H3,(H,21,24). The minimum atomic E-state index is -0.159. The topological polar surface area (TPSA) is 52.7 Å². The van der Waals surface area contributed by atoms with E-state index in [9.17, 15) is 9.59 Å². The van der Waals surface area contributed by atoms with Crippen LogP contribution in [-0.2, 0) is 16.1 Å². The van der Waals surface area contributed by atoms with Crippen molar-refractivity contribution in [2.45, 2.75) is 44.8 Å². The number of para-hydroxylation sites is 2. The van der Waals surface area contributed by atoms with Crippen molar-refractivity contribution in [3.8, 4) is 0 Å². The molecule has 0 saturated heterocycles. The van der Waals surface area contributed by atoms with Gasteiger partial charge in [-0.05, 0) is 54.3 Å². The summed E-state index contributed by atoms with van der Waals surface area (Å²) in [6.07, 6.45) is 2.63. The maximum Gasteiger partial charge on any atom is 0.241 e. The number of carbonyl (C=O) groups excluding carboxylic acids is 2. The summed E-state index contributed by atoms with van der Waals surface area (Å²) >= 11 is 1.69. The second kappa shape index (κ2) is 7.21. The zero-order valence-corrected chi connectivity index (χ0v) is 15.7. The first-order chi connectivity index (χ1) is 12.6. The van der Waals surface area contributed by atoms with Gasteiger partial charge in [0.05, 0.1) is 17.9 Å². The van der Waals surface area contributed by atoms with Crippen LogP contribution in [0.25, 0.3) is 0 Å². The smallest absolute Gasteiger partial charge is 0.241 e. The lowest BCUT2D eigenvalue weighted by molar-refractivity contribution is -0.120. The molecule has 1 fully saturated rings. The van der Waals surface area contributed by atoms with Crippen molar-refractivity contribution in [2.24, 2.45) is 0 Å². The van der Waals surface area contributed by atoms with Gasteiger partial charge in [0, 0.05) is 25.0 Å². The van der Waals surface area contributed by atoms with Crippen LogP contribution in [0.5, 0.6) is 0 Å². The van der Waals surface area contributed by atoms with Gasteiger partial charge < -0.3 is 10.2 Å². The second-order valence-electron chi connectivity index (χ2n) is 7.15. The van der Waals surface area contributed by atoms with Gasteiger partial charge in [0.2, 0.25) is 11.8 Å². The van der Waals surface area contributed by atoms with Gasteiger partial charge in [-0.15, -0.1) is 0 Å². The van der Waals surface area contributed by atoms with Crippen LogP contribution in [0.4, 0.5) is 11.4 Å².